The number of anilines is 1. The topological polar surface area (TPSA) is 56.0 Å². The number of hydrogen-bond donors (Lipinski definition) is 1. The van der Waals surface area contributed by atoms with Gasteiger partial charge >= 0.3 is 0 Å². The van der Waals surface area contributed by atoms with Crippen LogP contribution in [0.5, 0.6) is 0 Å². The number of aromatic nitrogens is 2. The van der Waals surface area contributed by atoms with Gasteiger partial charge in [0.05, 0.1) is 0 Å². The van der Waals surface area contributed by atoms with Crippen molar-refractivity contribution in [3.63, 3.8) is 0 Å². The van der Waals surface area contributed by atoms with Crippen molar-refractivity contribution >= 4 is 22.5 Å². The Morgan fingerprint density at radius 2 is 1.95 bits per heavy atom. The quantitative estimate of drug-likeness (QED) is 0.806. The van der Waals surface area contributed by atoms with Gasteiger partial charge < -0.3 is 14.5 Å². The van der Waals surface area contributed by atoms with Crippen LogP contribution in [0.3, 0.4) is 0 Å². The van der Waals surface area contributed by atoms with Crippen LogP contribution < -0.4 is 10.9 Å². The molecule has 0 atom stereocenters. The summed E-state index contributed by atoms with van der Waals surface area (Å²) in [5, 5.41) is 3.69. The summed E-state index contributed by atoms with van der Waals surface area (Å²) >= 11 is 0. The Morgan fingerprint density at radius 3 is 2.73 bits per heavy atom. The van der Waals surface area contributed by atoms with Crippen LogP contribution in [0.2, 0.25) is 0 Å². The van der Waals surface area contributed by atoms with Gasteiger partial charge in [0, 0.05) is 30.5 Å². The minimum Gasteiger partial charge on any atom is -0.346 e. The zero-order valence-electron chi connectivity index (χ0n) is 12.5. The van der Waals surface area contributed by atoms with E-state index in [1.54, 1.807) is 10.8 Å². The summed E-state index contributed by atoms with van der Waals surface area (Å²) in [6, 6.07) is 11.3. The number of aryl methyl sites for hydroxylation is 2. The van der Waals surface area contributed by atoms with E-state index < -0.39 is 0 Å². The number of carbonyl (C=O) groups excluding carboxylic acids is 1. The Kier molecular flexibility index (Phi) is 3.55. The first-order valence-electron chi connectivity index (χ1n) is 7.05. The Balaban J connectivity index is 1.84. The Morgan fingerprint density at radius 1 is 1.18 bits per heavy atom. The van der Waals surface area contributed by atoms with E-state index in [1.165, 1.54) is 4.57 Å². The van der Waals surface area contributed by atoms with Gasteiger partial charge in [0.2, 0.25) is 5.91 Å². The fourth-order valence-corrected chi connectivity index (χ4v) is 2.53. The summed E-state index contributed by atoms with van der Waals surface area (Å²) in [5.41, 5.74) is 2.24. The van der Waals surface area contributed by atoms with Gasteiger partial charge in [0.15, 0.2) is 0 Å². The van der Waals surface area contributed by atoms with E-state index >= 15 is 0 Å². The van der Waals surface area contributed by atoms with E-state index in [0.29, 0.717) is 5.52 Å². The van der Waals surface area contributed by atoms with Gasteiger partial charge in [0.1, 0.15) is 12.1 Å². The highest BCUT2D eigenvalue weighted by Crippen LogP contribution is 2.11. The van der Waals surface area contributed by atoms with E-state index in [9.17, 15) is 9.59 Å². The summed E-state index contributed by atoms with van der Waals surface area (Å²) in [4.78, 5) is 24.5. The molecule has 0 saturated carbocycles. The van der Waals surface area contributed by atoms with E-state index in [4.69, 9.17) is 0 Å². The van der Waals surface area contributed by atoms with Crippen LogP contribution in [0.25, 0.3) is 10.9 Å². The maximum atomic E-state index is 12.4. The SMILES string of the molecule is Cc1cccc(NC(=O)Cn2ccc3ccn(C)c3c2=O)c1. The molecule has 5 nitrogen and oxygen atoms in total. The molecule has 22 heavy (non-hydrogen) atoms. The van der Waals surface area contributed by atoms with Crippen LogP contribution >= 0.6 is 0 Å². The molecule has 0 radical (unpaired) electrons. The van der Waals surface area contributed by atoms with Crippen molar-refractivity contribution in [1.82, 2.24) is 9.13 Å². The van der Waals surface area contributed by atoms with E-state index in [0.717, 1.165) is 16.6 Å². The predicted molar refractivity (Wildman–Crippen MR) is 87.0 cm³/mol. The normalized spacial score (nSPS) is 10.8. The fourth-order valence-electron chi connectivity index (χ4n) is 2.53. The van der Waals surface area contributed by atoms with Crippen LogP contribution in [0.1, 0.15) is 5.56 Å². The van der Waals surface area contributed by atoms with Crippen LogP contribution in [0.15, 0.2) is 53.6 Å². The van der Waals surface area contributed by atoms with Gasteiger partial charge in [-0.3, -0.25) is 9.59 Å². The lowest BCUT2D eigenvalue weighted by atomic mass is 10.2. The third kappa shape index (κ3) is 2.65. The van der Waals surface area contributed by atoms with Gasteiger partial charge in [-0.25, -0.2) is 0 Å². The second-order valence-electron chi connectivity index (χ2n) is 5.40. The average molecular weight is 295 g/mol. The lowest BCUT2D eigenvalue weighted by molar-refractivity contribution is -0.116. The van der Waals surface area contributed by atoms with Crippen molar-refractivity contribution in [2.45, 2.75) is 13.5 Å². The third-order valence-electron chi connectivity index (χ3n) is 3.62. The van der Waals surface area contributed by atoms with Crippen molar-refractivity contribution in [3.05, 3.63) is 64.7 Å². The first kappa shape index (κ1) is 14.1. The van der Waals surface area contributed by atoms with Gasteiger partial charge in [-0.15, -0.1) is 0 Å². The zero-order valence-corrected chi connectivity index (χ0v) is 12.5. The van der Waals surface area contributed by atoms with Crippen LogP contribution in [-0.4, -0.2) is 15.0 Å². The molecular weight excluding hydrogens is 278 g/mol. The maximum absolute atomic E-state index is 12.4. The smallest absolute Gasteiger partial charge is 0.275 e. The van der Waals surface area contributed by atoms with Crippen molar-refractivity contribution < 1.29 is 4.79 Å². The van der Waals surface area contributed by atoms with Gasteiger partial charge in [-0.2, -0.15) is 0 Å². The van der Waals surface area contributed by atoms with Gasteiger partial charge in [-0.1, -0.05) is 12.1 Å². The Labute approximate surface area is 127 Å². The molecule has 2 heterocycles. The lowest BCUT2D eigenvalue weighted by Gasteiger charge is -2.08. The second-order valence-corrected chi connectivity index (χ2v) is 5.40. The summed E-state index contributed by atoms with van der Waals surface area (Å²) in [5.74, 6) is -0.221. The van der Waals surface area contributed by atoms with Crippen molar-refractivity contribution in [1.29, 1.82) is 0 Å². The average Bonchev–Trinajstić information content (AvgIpc) is 2.84. The predicted octanol–water partition coefficient (Wildman–Crippen LogP) is 2.29. The monoisotopic (exact) mass is 295 g/mol. The molecule has 0 saturated heterocycles. The maximum Gasteiger partial charge on any atom is 0.275 e. The molecule has 0 fully saturated rings. The Hall–Kier alpha value is -2.82. The molecule has 112 valence electrons. The minimum atomic E-state index is -0.221. The zero-order chi connectivity index (χ0) is 15.7. The molecule has 0 aliphatic carbocycles. The summed E-state index contributed by atoms with van der Waals surface area (Å²) in [6.45, 7) is 1.96. The number of benzene rings is 1. The molecule has 0 unspecified atom stereocenters. The third-order valence-corrected chi connectivity index (χ3v) is 3.62. The number of amides is 1. The fraction of sp³-hybridized carbons (Fsp3) is 0.176. The first-order valence-corrected chi connectivity index (χ1v) is 7.05. The standard InChI is InChI=1S/C17H17N3O2/c1-12-4-3-5-14(10-12)18-15(21)11-20-9-7-13-6-8-19(2)16(13)17(20)22/h3-10H,11H2,1-2H3,(H,18,21). The van der Waals surface area contributed by atoms with Crippen molar-refractivity contribution in [3.8, 4) is 0 Å². The molecular formula is C17H17N3O2. The molecule has 0 aliphatic heterocycles. The molecule has 1 aromatic carbocycles. The summed E-state index contributed by atoms with van der Waals surface area (Å²) in [6.07, 6.45) is 3.49. The largest absolute Gasteiger partial charge is 0.346 e. The van der Waals surface area contributed by atoms with Crippen molar-refractivity contribution in [2.24, 2.45) is 7.05 Å². The summed E-state index contributed by atoms with van der Waals surface area (Å²) < 4.78 is 3.19. The molecule has 0 spiro atoms. The van der Waals surface area contributed by atoms with Gasteiger partial charge in [0.25, 0.3) is 5.56 Å². The molecule has 1 amide bonds. The molecule has 0 bridgehead atoms. The lowest BCUT2D eigenvalue weighted by Crippen LogP contribution is -2.27. The van der Waals surface area contributed by atoms with E-state index in [1.807, 2.05) is 56.6 Å². The molecule has 5 heteroatoms. The number of fused-ring (bicyclic) bond motifs is 1. The molecule has 2 aromatic heterocycles. The number of carbonyl (C=O) groups is 1. The Bertz CT molecular complexity index is 906. The van der Waals surface area contributed by atoms with Crippen LogP contribution in [-0.2, 0) is 18.4 Å². The van der Waals surface area contributed by atoms with Crippen molar-refractivity contribution in [2.75, 3.05) is 5.32 Å². The highest BCUT2D eigenvalue weighted by Gasteiger charge is 2.09. The number of nitrogens with one attached hydrogen (secondary N) is 1. The highest BCUT2D eigenvalue weighted by molar-refractivity contribution is 5.90. The molecule has 1 N–H and O–H groups in total. The van der Waals surface area contributed by atoms with Gasteiger partial charge in [-0.05, 0) is 36.8 Å². The number of pyridine rings is 1. The highest BCUT2D eigenvalue weighted by atomic mass is 16.2. The molecule has 3 rings (SSSR count). The number of hydrogen-bond acceptors (Lipinski definition) is 2. The molecule has 3 aromatic rings. The number of nitrogens with zero attached hydrogens (tertiary/aromatic N) is 2. The van der Waals surface area contributed by atoms with E-state index in [2.05, 4.69) is 5.32 Å². The second kappa shape index (κ2) is 5.52. The molecule has 0 aliphatic rings. The van der Waals surface area contributed by atoms with Crippen LogP contribution in [0, 0.1) is 6.92 Å². The first-order chi connectivity index (χ1) is 10.5. The van der Waals surface area contributed by atoms with E-state index in [-0.39, 0.29) is 18.0 Å². The van der Waals surface area contributed by atoms with Crippen LogP contribution in [0.4, 0.5) is 5.69 Å². The number of rotatable bonds is 3. The minimum absolute atomic E-state index is 0.00606. The summed E-state index contributed by atoms with van der Waals surface area (Å²) in [7, 11) is 1.82.